The highest BCUT2D eigenvalue weighted by atomic mass is 16.1. The van der Waals surface area contributed by atoms with E-state index in [0.717, 1.165) is 30.0 Å². The first-order chi connectivity index (χ1) is 9.70. The van der Waals surface area contributed by atoms with Gasteiger partial charge in [-0.2, -0.15) is 0 Å². The Bertz CT molecular complexity index is 579. The van der Waals surface area contributed by atoms with Crippen LogP contribution in [-0.2, 0) is 0 Å². The topological polar surface area (TPSA) is 54.0 Å². The SMILES string of the molecule is CCCNc1ccc(C(=O)Nc2cccnc2C)cc1. The molecule has 4 heteroatoms. The lowest BCUT2D eigenvalue weighted by Gasteiger charge is -2.08. The van der Waals surface area contributed by atoms with Gasteiger partial charge in [-0.05, 0) is 49.7 Å². The summed E-state index contributed by atoms with van der Waals surface area (Å²) >= 11 is 0. The number of hydrogen-bond acceptors (Lipinski definition) is 3. The number of carbonyl (C=O) groups is 1. The number of benzene rings is 1. The fourth-order valence-electron chi connectivity index (χ4n) is 1.82. The number of aromatic nitrogens is 1. The van der Waals surface area contributed by atoms with E-state index in [-0.39, 0.29) is 5.91 Å². The molecule has 1 amide bonds. The van der Waals surface area contributed by atoms with Gasteiger partial charge in [0.25, 0.3) is 5.91 Å². The molecule has 0 aliphatic carbocycles. The highest BCUT2D eigenvalue weighted by Gasteiger charge is 2.07. The lowest BCUT2D eigenvalue weighted by atomic mass is 10.2. The van der Waals surface area contributed by atoms with E-state index < -0.39 is 0 Å². The van der Waals surface area contributed by atoms with Gasteiger partial charge in [-0.15, -0.1) is 0 Å². The molecule has 2 rings (SSSR count). The number of rotatable bonds is 5. The minimum Gasteiger partial charge on any atom is -0.385 e. The van der Waals surface area contributed by atoms with E-state index in [0.29, 0.717) is 5.56 Å². The average molecular weight is 269 g/mol. The van der Waals surface area contributed by atoms with Crippen molar-refractivity contribution >= 4 is 17.3 Å². The van der Waals surface area contributed by atoms with Crippen LogP contribution in [0.2, 0.25) is 0 Å². The number of nitrogens with one attached hydrogen (secondary N) is 2. The van der Waals surface area contributed by atoms with Gasteiger partial charge in [0.2, 0.25) is 0 Å². The molecule has 0 radical (unpaired) electrons. The van der Waals surface area contributed by atoms with Gasteiger partial charge in [-0.1, -0.05) is 6.92 Å². The molecule has 20 heavy (non-hydrogen) atoms. The van der Waals surface area contributed by atoms with E-state index in [1.165, 1.54) is 0 Å². The molecule has 0 bridgehead atoms. The fourth-order valence-corrected chi connectivity index (χ4v) is 1.82. The van der Waals surface area contributed by atoms with Gasteiger partial charge in [-0.3, -0.25) is 9.78 Å². The van der Waals surface area contributed by atoms with Crippen molar-refractivity contribution in [1.82, 2.24) is 4.98 Å². The summed E-state index contributed by atoms with van der Waals surface area (Å²) < 4.78 is 0. The second-order valence-corrected chi connectivity index (χ2v) is 4.59. The molecule has 1 aromatic heterocycles. The van der Waals surface area contributed by atoms with Crippen molar-refractivity contribution in [3.05, 3.63) is 53.9 Å². The predicted octanol–water partition coefficient (Wildman–Crippen LogP) is 3.46. The van der Waals surface area contributed by atoms with Crippen molar-refractivity contribution in [2.75, 3.05) is 17.2 Å². The smallest absolute Gasteiger partial charge is 0.255 e. The number of carbonyl (C=O) groups excluding carboxylic acids is 1. The molecule has 104 valence electrons. The first kappa shape index (κ1) is 14.1. The second-order valence-electron chi connectivity index (χ2n) is 4.59. The first-order valence-corrected chi connectivity index (χ1v) is 6.77. The molecule has 0 fully saturated rings. The summed E-state index contributed by atoms with van der Waals surface area (Å²) in [6.07, 6.45) is 2.78. The zero-order valence-electron chi connectivity index (χ0n) is 11.8. The molecule has 0 unspecified atom stereocenters. The highest BCUT2D eigenvalue weighted by molar-refractivity contribution is 6.04. The molecule has 0 saturated heterocycles. The van der Waals surface area contributed by atoms with Gasteiger partial charge in [0.15, 0.2) is 0 Å². The third-order valence-corrected chi connectivity index (χ3v) is 2.98. The van der Waals surface area contributed by atoms with Crippen LogP contribution in [0.4, 0.5) is 11.4 Å². The van der Waals surface area contributed by atoms with Crippen molar-refractivity contribution in [1.29, 1.82) is 0 Å². The second kappa shape index (κ2) is 6.70. The van der Waals surface area contributed by atoms with E-state index in [1.54, 1.807) is 12.3 Å². The Balaban J connectivity index is 2.04. The van der Waals surface area contributed by atoms with Gasteiger partial charge in [0.1, 0.15) is 0 Å². The van der Waals surface area contributed by atoms with Gasteiger partial charge >= 0.3 is 0 Å². The minimum atomic E-state index is -0.122. The number of amides is 1. The molecule has 1 heterocycles. The van der Waals surface area contributed by atoms with Crippen LogP contribution in [0.5, 0.6) is 0 Å². The highest BCUT2D eigenvalue weighted by Crippen LogP contribution is 2.14. The Hall–Kier alpha value is -2.36. The molecular formula is C16H19N3O. The number of hydrogen-bond donors (Lipinski definition) is 2. The van der Waals surface area contributed by atoms with Crippen molar-refractivity contribution in [2.24, 2.45) is 0 Å². The van der Waals surface area contributed by atoms with Crippen LogP contribution in [0.25, 0.3) is 0 Å². The Morgan fingerprint density at radius 2 is 1.95 bits per heavy atom. The first-order valence-electron chi connectivity index (χ1n) is 6.77. The summed E-state index contributed by atoms with van der Waals surface area (Å²) in [4.78, 5) is 16.3. The molecular weight excluding hydrogens is 250 g/mol. The maximum atomic E-state index is 12.1. The summed E-state index contributed by atoms with van der Waals surface area (Å²) in [5, 5.41) is 6.14. The molecule has 0 spiro atoms. The van der Waals surface area contributed by atoms with E-state index in [4.69, 9.17) is 0 Å². The van der Waals surface area contributed by atoms with Crippen molar-refractivity contribution in [2.45, 2.75) is 20.3 Å². The summed E-state index contributed by atoms with van der Waals surface area (Å²) in [6.45, 7) is 4.92. The third-order valence-electron chi connectivity index (χ3n) is 2.98. The summed E-state index contributed by atoms with van der Waals surface area (Å²) in [7, 11) is 0. The maximum Gasteiger partial charge on any atom is 0.255 e. The molecule has 0 aliphatic rings. The largest absolute Gasteiger partial charge is 0.385 e. The van der Waals surface area contributed by atoms with Crippen molar-refractivity contribution in [3.8, 4) is 0 Å². The standard InChI is InChI=1S/C16H19N3O/c1-3-10-18-14-8-6-13(7-9-14)16(20)19-15-5-4-11-17-12(15)2/h4-9,11,18H,3,10H2,1-2H3,(H,19,20). The molecule has 1 aromatic carbocycles. The van der Waals surface area contributed by atoms with E-state index in [9.17, 15) is 4.79 Å². The summed E-state index contributed by atoms with van der Waals surface area (Å²) in [5.41, 5.74) is 3.21. The predicted molar refractivity (Wildman–Crippen MR) is 82.1 cm³/mol. The summed E-state index contributed by atoms with van der Waals surface area (Å²) in [5.74, 6) is -0.122. The average Bonchev–Trinajstić information content (AvgIpc) is 2.48. The number of nitrogens with zero attached hydrogens (tertiary/aromatic N) is 1. The Kier molecular flexibility index (Phi) is 4.71. The molecule has 0 aliphatic heterocycles. The molecule has 0 saturated carbocycles. The van der Waals surface area contributed by atoms with Crippen molar-refractivity contribution in [3.63, 3.8) is 0 Å². The van der Waals surface area contributed by atoms with Crippen LogP contribution >= 0.6 is 0 Å². The molecule has 2 N–H and O–H groups in total. The van der Waals surface area contributed by atoms with Gasteiger partial charge < -0.3 is 10.6 Å². The fraction of sp³-hybridized carbons (Fsp3) is 0.250. The van der Waals surface area contributed by atoms with Crippen LogP contribution in [0.1, 0.15) is 29.4 Å². The number of anilines is 2. The van der Waals surface area contributed by atoms with Crippen LogP contribution in [0.15, 0.2) is 42.6 Å². The Morgan fingerprint density at radius 3 is 2.60 bits per heavy atom. The third kappa shape index (κ3) is 3.57. The zero-order valence-corrected chi connectivity index (χ0v) is 11.8. The van der Waals surface area contributed by atoms with E-state index >= 15 is 0 Å². The quantitative estimate of drug-likeness (QED) is 0.874. The van der Waals surface area contributed by atoms with Gasteiger partial charge in [0.05, 0.1) is 11.4 Å². The van der Waals surface area contributed by atoms with Gasteiger partial charge in [0, 0.05) is 24.0 Å². The molecule has 4 nitrogen and oxygen atoms in total. The van der Waals surface area contributed by atoms with E-state index in [1.807, 2.05) is 37.3 Å². The number of aryl methyl sites for hydroxylation is 1. The van der Waals surface area contributed by atoms with Crippen LogP contribution in [0.3, 0.4) is 0 Å². The molecule has 0 atom stereocenters. The summed E-state index contributed by atoms with van der Waals surface area (Å²) in [6, 6.07) is 11.1. The van der Waals surface area contributed by atoms with E-state index in [2.05, 4.69) is 22.5 Å². The maximum absolute atomic E-state index is 12.1. The lowest BCUT2D eigenvalue weighted by molar-refractivity contribution is 0.102. The van der Waals surface area contributed by atoms with Crippen LogP contribution < -0.4 is 10.6 Å². The Morgan fingerprint density at radius 1 is 1.20 bits per heavy atom. The normalized spacial score (nSPS) is 10.1. The monoisotopic (exact) mass is 269 g/mol. The van der Waals surface area contributed by atoms with Crippen LogP contribution in [0, 0.1) is 6.92 Å². The van der Waals surface area contributed by atoms with Crippen molar-refractivity contribution < 1.29 is 4.79 Å². The minimum absolute atomic E-state index is 0.122. The zero-order chi connectivity index (χ0) is 14.4. The Labute approximate surface area is 119 Å². The van der Waals surface area contributed by atoms with Crippen LogP contribution in [-0.4, -0.2) is 17.4 Å². The number of pyridine rings is 1. The lowest BCUT2D eigenvalue weighted by Crippen LogP contribution is -2.13. The van der Waals surface area contributed by atoms with Gasteiger partial charge in [-0.25, -0.2) is 0 Å². The molecule has 2 aromatic rings.